The molecule has 4 rings (SSSR count). The highest BCUT2D eigenvalue weighted by molar-refractivity contribution is 5.93. The Hall–Kier alpha value is -2.56. The van der Waals surface area contributed by atoms with E-state index in [2.05, 4.69) is 38.3 Å². The van der Waals surface area contributed by atoms with E-state index in [0.29, 0.717) is 0 Å². The molecule has 1 aliphatic carbocycles. The average molecular weight is 336 g/mol. The molecule has 1 aliphatic heterocycles. The number of nitrogens with one attached hydrogen (secondary N) is 1. The highest BCUT2D eigenvalue weighted by Crippen LogP contribution is 2.28. The second-order valence-electron chi connectivity index (χ2n) is 6.83. The Bertz CT molecular complexity index is 704. The van der Waals surface area contributed by atoms with Crippen LogP contribution in [-0.2, 0) is 4.79 Å². The molecular formula is C20H24N4O. The summed E-state index contributed by atoms with van der Waals surface area (Å²) in [6, 6.07) is 14.3. The Labute approximate surface area is 148 Å². The first-order valence-corrected chi connectivity index (χ1v) is 9.11. The monoisotopic (exact) mass is 336 g/mol. The lowest BCUT2D eigenvalue weighted by Crippen LogP contribution is -2.46. The van der Waals surface area contributed by atoms with Gasteiger partial charge in [0.25, 0.3) is 0 Å². The van der Waals surface area contributed by atoms with Crippen LogP contribution in [0.5, 0.6) is 0 Å². The van der Waals surface area contributed by atoms with Gasteiger partial charge in [0.05, 0.1) is 0 Å². The topological polar surface area (TPSA) is 48.5 Å². The Morgan fingerprint density at radius 2 is 1.68 bits per heavy atom. The molecule has 1 aromatic heterocycles. The summed E-state index contributed by atoms with van der Waals surface area (Å²) in [5.41, 5.74) is 2.11. The van der Waals surface area contributed by atoms with Crippen molar-refractivity contribution in [3.05, 3.63) is 48.7 Å². The average Bonchev–Trinajstić information content (AvgIpc) is 2.62. The molecule has 25 heavy (non-hydrogen) atoms. The fraction of sp³-hybridized carbons (Fsp3) is 0.400. The Morgan fingerprint density at radius 1 is 0.960 bits per heavy atom. The number of nitrogens with zero attached hydrogens (tertiary/aromatic N) is 3. The number of hydrogen-bond donors (Lipinski definition) is 1. The van der Waals surface area contributed by atoms with Crippen molar-refractivity contribution in [1.82, 2.24) is 4.98 Å². The van der Waals surface area contributed by atoms with Crippen molar-refractivity contribution in [3.8, 4) is 0 Å². The van der Waals surface area contributed by atoms with Gasteiger partial charge in [-0.05, 0) is 49.2 Å². The van der Waals surface area contributed by atoms with Gasteiger partial charge in [-0.25, -0.2) is 4.98 Å². The van der Waals surface area contributed by atoms with Crippen molar-refractivity contribution in [1.29, 1.82) is 0 Å². The number of rotatable bonds is 4. The zero-order valence-electron chi connectivity index (χ0n) is 14.4. The Balaban J connectivity index is 1.33. The molecule has 0 bridgehead atoms. The van der Waals surface area contributed by atoms with E-state index in [1.54, 1.807) is 0 Å². The van der Waals surface area contributed by atoms with Crippen molar-refractivity contribution in [2.75, 3.05) is 41.3 Å². The molecule has 0 unspecified atom stereocenters. The van der Waals surface area contributed by atoms with Crippen LogP contribution in [0.25, 0.3) is 0 Å². The molecule has 1 saturated carbocycles. The van der Waals surface area contributed by atoms with Crippen LogP contribution in [0.1, 0.15) is 19.3 Å². The van der Waals surface area contributed by atoms with Gasteiger partial charge in [0, 0.05) is 49.7 Å². The maximum atomic E-state index is 12.0. The SMILES string of the molecule is O=C(Nc1ccc(N2CCN(c3ccccn3)CC2)cc1)C1CCC1. The molecule has 1 aromatic carbocycles. The van der Waals surface area contributed by atoms with Gasteiger partial charge in [0.15, 0.2) is 0 Å². The van der Waals surface area contributed by atoms with Gasteiger partial charge in [0.1, 0.15) is 5.82 Å². The van der Waals surface area contributed by atoms with Crippen LogP contribution >= 0.6 is 0 Å². The summed E-state index contributed by atoms with van der Waals surface area (Å²) in [6.45, 7) is 3.89. The molecule has 5 nitrogen and oxygen atoms in total. The highest BCUT2D eigenvalue weighted by atomic mass is 16.1. The van der Waals surface area contributed by atoms with Crippen LogP contribution < -0.4 is 15.1 Å². The first kappa shape index (κ1) is 15.9. The summed E-state index contributed by atoms with van der Waals surface area (Å²) in [5, 5.41) is 3.03. The Kier molecular flexibility index (Phi) is 4.55. The molecule has 5 heteroatoms. The number of amides is 1. The van der Waals surface area contributed by atoms with E-state index in [9.17, 15) is 4.79 Å². The molecular weight excluding hydrogens is 312 g/mol. The van der Waals surface area contributed by atoms with Crippen LogP contribution in [0.4, 0.5) is 17.2 Å². The van der Waals surface area contributed by atoms with Crippen molar-refractivity contribution in [2.24, 2.45) is 5.92 Å². The Morgan fingerprint density at radius 3 is 2.28 bits per heavy atom. The number of benzene rings is 1. The summed E-state index contributed by atoms with van der Waals surface area (Å²) >= 11 is 0. The van der Waals surface area contributed by atoms with E-state index >= 15 is 0 Å². The predicted octanol–water partition coefficient (Wildman–Crippen LogP) is 3.15. The fourth-order valence-corrected chi connectivity index (χ4v) is 3.40. The van der Waals surface area contributed by atoms with Crippen molar-refractivity contribution in [3.63, 3.8) is 0 Å². The third kappa shape index (κ3) is 3.60. The lowest BCUT2D eigenvalue weighted by molar-refractivity contribution is -0.122. The lowest BCUT2D eigenvalue weighted by atomic mass is 9.85. The first-order valence-electron chi connectivity index (χ1n) is 9.11. The minimum Gasteiger partial charge on any atom is -0.368 e. The summed E-state index contributed by atoms with van der Waals surface area (Å²) in [4.78, 5) is 21.2. The van der Waals surface area contributed by atoms with Gasteiger partial charge in [-0.1, -0.05) is 12.5 Å². The maximum Gasteiger partial charge on any atom is 0.227 e. The molecule has 1 amide bonds. The first-order chi connectivity index (χ1) is 12.3. The number of carbonyl (C=O) groups excluding carboxylic acids is 1. The number of hydrogen-bond acceptors (Lipinski definition) is 4. The minimum absolute atomic E-state index is 0.169. The molecule has 130 valence electrons. The molecule has 0 atom stereocenters. The zero-order chi connectivity index (χ0) is 17.1. The molecule has 2 heterocycles. The van der Waals surface area contributed by atoms with Crippen molar-refractivity contribution < 1.29 is 4.79 Å². The third-order valence-electron chi connectivity index (χ3n) is 5.23. The van der Waals surface area contributed by atoms with Gasteiger partial charge in [-0.15, -0.1) is 0 Å². The van der Waals surface area contributed by atoms with Gasteiger partial charge < -0.3 is 15.1 Å². The lowest BCUT2D eigenvalue weighted by Gasteiger charge is -2.36. The summed E-state index contributed by atoms with van der Waals surface area (Å²) in [7, 11) is 0. The van der Waals surface area contributed by atoms with Crippen LogP contribution in [0, 0.1) is 5.92 Å². The molecule has 2 aliphatic rings. The van der Waals surface area contributed by atoms with Crippen molar-refractivity contribution in [2.45, 2.75) is 19.3 Å². The summed E-state index contributed by atoms with van der Waals surface area (Å²) < 4.78 is 0. The molecule has 1 N–H and O–H groups in total. The third-order valence-corrected chi connectivity index (χ3v) is 5.23. The number of carbonyl (C=O) groups is 1. The summed E-state index contributed by atoms with van der Waals surface area (Å²) in [6.07, 6.45) is 5.09. The second kappa shape index (κ2) is 7.13. The summed E-state index contributed by atoms with van der Waals surface area (Å²) in [5.74, 6) is 1.44. The van der Waals surface area contributed by atoms with E-state index in [1.807, 2.05) is 30.5 Å². The zero-order valence-corrected chi connectivity index (χ0v) is 14.4. The molecule has 0 radical (unpaired) electrons. The van der Waals surface area contributed by atoms with E-state index in [1.165, 1.54) is 12.1 Å². The van der Waals surface area contributed by atoms with E-state index in [4.69, 9.17) is 0 Å². The highest BCUT2D eigenvalue weighted by Gasteiger charge is 2.25. The van der Waals surface area contributed by atoms with Crippen LogP contribution in [0.3, 0.4) is 0 Å². The molecule has 2 fully saturated rings. The molecule has 2 aromatic rings. The number of anilines is 3. The van der Waals surface area contributed by atoms with Crippen molar-refractivity contribution >= 4 is 23.1 Å². The van der Waals surface area contributed by atoms with Gasteiger partial charge in [-0.3, -0.25) is 4.79 Å². The number of aromatic nitrogens is 1. The van der Waals surface area contributed by atoms with Gasteiger partial charge in [-0.2, -0.15) is 0 Å². The van der Waals surface area contributed by atoms with Gasteiger partial charge in [0.2, 0.25) is 5.91 Å². The largest absolute Gasteiger partial charge is 0.368 e. The minimum atomic E-state index is 0.169. The van der Waals surface area contributed by atoms with E-state index in [-0.39, 0.29) is 11.8 Å². The van der Waals surface area contributed by atoms with Gasteiger partial charge >= 0.3 is 0 Å². The standard InChI is InChI=1S/C20H24N4O/c25-20(16-4-3-5-16)22-17-7-9-18(10-8-17)23-12-14-24(15-13-23)19-6-1-2-11-21-19/h1-2,6-11,16H,3-5,12-15H2,(H,22,25). The predicted molar refractivity (Wildman–Crippen MR) is 101 cm³/mol. The fourth-order valence-electron chi connectivity index (χ4n) is 3.40. The van der Waals surface area contributed by atoms with E-state index < -0.39 is 0 Å². The number of piperazine rings is 1. The number of pyridine rings is 1. The molecule has 1 saturated heterocycles. The van der Waals surface area contributed by atoms with Crippen LogP contribution in [0.2, 0.25) is 0 Å². The quantitative estimate of drug-likeness (QED) is 0.932. The molecule has 0 spiro atoms. The smallest absolute Gasteiger partial charge is 0.227 e. The maximum absolute atomic E-state index is 12.0. The van der Waals surface area contributed by atoms with Crippen LogP contribution in [0.15, 0.2) is 48.7 Å². The second-order valence-corrected chi connectivity index (χ2v) is 6.83. The van der Waals surface area contributed by atoms with E-state index in [0.717, 1.165) is 50.5 Å². The normalized spacial score (nSPS) is 17.9. The van der Waals surface area contributed by atoms with Crippen LogP contribution in [-0.4, -0.2) is 37.1 Å².